The molecule has 0 unspecified atom stereocenters. The van der Waals surface area contributed by atoms with Crippen LogP contribution in [0.3, 0.4) is 0 Å². The van der Waals surface area contributed by atoms with Crippen molar-refractivity contribution in [2.75, 3.05) is 11.9 Å². The van der Waals surface area contributed by atoms with Crippen LogP contribution in [0.4, 0.5) is 5.69 Å². The zero-order valence-corrected chi connectivity index (χ0v) is 9.78. The molecule has 0 saturated carbocycles. The Balaban J connectivity index is 1.75. The highest BCUT2D eigenvalue weighted by Gasteiger charge is 2.02. The molecule has 0 amide bonds. The molecule has 0 aliphatic carbocycles. The van der Waals surface area contributed by atoms with Crippen LogP contribution in [0.1, 0.15) is 16.9 Å². The first-order valence-electron chi connectivity index (χ1n) is 5.66. The highest BCUT2D eigenvalue weighted by molar-refractivity contribution is 5.85. The molecule has 2 aromatic rings. The van der Waals surface area contributed by atoms with Gasteiger partial charge in [-0.25, -0.2) is 9.78 Å². The number of carboxylic acid groups (broad SMARTS) is 1. The fourth-order valence-electron chi connectivity index (χ4n) is 1.53. The van der Waals surface area contributed by atoms with Crippen LogP contribution in [-0.4, -0.2) is 32.4 Å². The summed E-state index contributed by atoms with van der Waals surface area (Å²) in [5.74, 6) is -1.01. The van der Waals surface area contributed by atoms with Gasteiger partial charge in [-0.3, -0.25) is 4.68 Å². The topological polar surface area (TPSA) is 80.0 Å². The van der Waals surface area contributed by atoms with Crippen LogP contribution >= 0.6 is 0 Å². The van der Waals surface area contributed by atoms with E-state index in [-0.39, 0.29) is 5.69 Å². The Bertz CT molecular complexity index is 493. The monoisotopic (exact) mass is 246 g/mol. The highest BCUT2D eigenvalue weighted by Crippen LogP contribution is 2.06. The summed E-state index contributed by atoms with van der Waals surface area (Å²) in [6.45, 7) is 1.63. The van der Waals surface area contributed by atoms with E-state index >= 15 is 0 Å². The van der Waals surface area contributed by atoms with Gasteiger partial charge in [-0.1, -0.05) is 0 Å². The molecule has 0 aliphatic heterocycles. The summed E-state index contributed by atoms with van der Waals surface area (Å²) >= 11 is 0. The lowest BCUT2D eigenvalue weighted by atomic mass is 10.3. The average molecular weight is 246 g/mol. The molecule has 6 heteroatoms. The van der Waals surface area contributed by atoms with Gasteiger partial charge in [0.2, 0.25) is 0 Å². The first-order valence-corrected chi connectivity index (χ1v) is 5.66. The molecule has 0 atom stereocenters. The Morgan fingerprint density at radius 3 is 2.94 bits per heavy atom. The van der Waals surface area contributed by atoms with E-state index in [0.29, 0.717) is 0 Å². The van der Waals surface area contributed by atoms with E-state index in [1.807, 2.05) is 16.9 Å². The standard InChI is InChI=1S/C12H14N4O2/c17-12(18)11-4-3-10(9-14-11)13-5-1-7-16-8-2-6-15-16/h2-4,6,8-9,13H,1,5,7H2,(H,17,18). The Morgan fingerprint density at radius 2 is 2.33 bits per heavy atom. The molecule has 2 heterocycles. The third-order valence-electron chi connectivity index (χ3n) is 2.43. The molecule has 6 nitrogen and oxygen atoms in total. The molecule has 0 bridgehead atoms. The zero-order chi connectivity index (χ0) is 12.8. The quantitative estimate of drug-likeness (QED) is 0.754. The van der Waals surface area contributed by atoms with E-state index in [4.69, 9.17) is 5.11 Å². The van der Waals surface area contributed by atoms with Gasteiger partial charge in [0.15, 0.2) is 0 Å². The van der Waals surface area contributed by atoms with Crippen molar-refractivity contribution in [3.63, 3.8) is 0 Å². The summed E-state index contributed by atoms with van der Waals surface area (Å²) in [4.78, 5) is 14.4. The maximum atomic E-state index is 10.6. The third kappa shape index (κ3) is 3.31. The van der Waals surface area contributed by atoms with Crippen LogP contribution < -0.4 is 5.32 Å². The zero-order valence-electron chi connectivity index (χ0n) is 9.78. The maximum Gasteiger partial charge on any atom is 0.354 e. The normalized spacial score (nSPS) is 10.2. The molecule has 0 aromatic carbocycles. The summed E-state index contributed by atoms with van der Waals surface area (Å²) in [6.07, 6.45) is 6.13. The lowest BCUT2D eigenvalue weighted by Gasteiger charge is -2.06. The van der Waals surface area contributed by atoms with Crippen molar-refractivity contribution in [3.05, 3.63) is 42.5 Å². The fourth-order valence-corrected chi connectivity index (χ4v) is 1.53. The minimum atomic E-state index is -1.01. The smallest absolute Gasteiger partial charge is 0.354 e. The number of nitrogens with zero attached hydrogens (tertiary/aromatic N) is 3. The summed E-state index contributed by atoms with van der Waals surface area (Å²) in [5.41, 5.74) is 0.873. The van der Waals surface area contributed by atoms with Crippen molar-refractivity contribution < 1.29 is 9.90 Å². The molecular weight excluding hydrogens is 232 g/mol. The van der Waals surface area contributed by atoms with Gasteiger partial charge < -0.3 is 10.4 Å². The summed E-state index contributed by atoms with van der Waals surface area (Å²) < 4.78 is 1.87. The predicted molar refractivity (Wildman–Crippen MR) is 66.5 cm³/mol. The predicted octanol–water partition coefficient (Wildman–Crippen LogP) is 1.48. The van der Waals surface area contributed by atoms with Gasteiger partial charge in [0.05, 0.1) is 11.9 Å². The first-order chi connectivity index (χ1) is 8.75. The van der Waals surface area contributed by atoms with Gasteiger partial charge in [0.25, 0.3) is 0 Å². The number of anilines is 1. The Morgan fingerprint density at radius 1 is 1.44 bits per heavy atom. The fraction of sp³-hybridized carbons (Fsp3) is 0.250. The van der Waals surface area contributed by atoms with E-state index in [1.54, 1.807) is 12.3 Å². The molecule has 0 saturated heterocycles. The minimum Gasteiger partial charge on any atom is -0.477 e. The highest BCUT2D eigenvalue weighted by atomic mass is 16.4. The van der Waals surface area contributed by atoms with Crippen molar-refractivity contribution in [2.45, 2.75) is 13.0 Å². The van der Waals surface area contributed by atoms with Crippen molar-refractivity contribution in [1.82, 2.24) is 14.8 Å². The van der Waals surface area contributed by atoms with E-state index in [9.17, 15) is 4.79 Å². The van der Waals surface area contributed by atoms with Gasteiger partial charge in [0, 0.05) is 25.5 Å². The van der Waals surface area contributed by atoms with Crippen molar-refractivity contribution >= 4 is 11.7 Å². The molecular formula is C12H14N4O2. The molecule has 0 fully saturated rings. The number of hydrogen-bond acceptors (Lipinski definition) is 4. The number of rotatable bonds is 6. The molecule has 2 N–H and O–H groups in total. The number of nitrogens with one attached hydrogen (secondary N) is 1. The van der Waals surface area contributed by atoms with Crippen molar-refractivity contribution in [2.24, 2.45) is 0 Å². The Hall–Kier alpha value is -2.37. The molecule has 0 aliphatic rings. The third-order valence-corrected chi connectivity index (χ3v) is 2.43. The number of aromatic carboxylic acids is 1. The average Bonchev–Trinajstić information content (AvgIpc) is 2.88. The second-order valence-electron chi connectivity index (χ2n) is 3.79. The summed E-state index contributed by atoms with van der Waals surface area (Å²) in [6, 6.07) is 5.09. The lowest BCUT2D eigenvalue weighted by molar-refractivity contribution is 0.0690. The van der Waals surface area contributed by atoms with E-state index in [1.165, 1.54) is 12.3 Å². The second-order valence-corrected chi connectivity index (χ2v) is 3.79. The van der Waals surface area contributed by atoms with Crippen LogP contribution in [0.15, 0.2) is 36.8 Å². The molecule has 94 valence electrons. The van der Waals surface area contributed by atoms with Crippen LogP contribution in [-0.2, 0) is 6.54 Å². The second kappa shape index (κ2) is 5.81. The van der Waals surface area contributed by atoms with E-state index < -0.39 is 5.97 Å². The van der Waals surface area contributed by atoms with E-state index in [0.717, 1.165) is 25.2 Å². The van der Waals surface area contributed by atoms with Gasteiger partial charge >= 0.3 is 5.97 Å². The summed E-state index contributed by atoms with van der Waals surface area (Å²) in [5, 5.41) is 16.0. The summed E-state index contributed by atoms with van der Waals surface area (Å²) in [7, 11) is 0. The Labute approximate surface area is 104 Å². The van der Waals surface area contributed by atoms with E-state index in [2.05, 4.69) is 15.4 Å². The van der Waals surface area contributed by atoms with Gasteiger partial charge in [0.1, 0.15) is 5.69 Å². The number of aryl methyl sites for hydroxylation is 1. The van der Waals surface area contributed by atoms with Gasteiger partial charge in [-0.2, -0.15) is 5.10 Å². The van der Waals surface area contributed by atoms with Crippen LogP contribution in [0.25, 0.3) is 0 Å². The first kappa shape index (κ1) is 12.1. The minimum absolute atomic E-state index is 0.0529. The largest absolute Gasteiger partial charge is 0.477 e. The number of carboxylic acids is 1. The molecule has 0 radical (unpaired) electrons. The molecule has 0 spiro atoms. The molecule has 18 heavy (non-hydrogen) atoms. The van der Waals surface area contributed by atoms with Crippen LogP contribution in [0, 0.1) is 0 Å². The van der Waals surface area contributed by atoms with Crippen molar-refractivity contribution in [3.8, 4) is 0 Å². The number of aromatic nitrogens is 3. The Kier molecular flexibility index (Phi) is 3.90. The molecule has 2 aromatic heterocycles. The lowest BCUT2D eigenvalue weighted by Crippen LogP contribution is -2.08. The molecule has 2 rings (SSSR count). The van der Waals surface area contributed by atoms with Gasteiger partial charge in [-0.15, -0.1) is 0 Å². The number of pyridine rings is 1. The number of carbonyl (C=O) groups is 1. The van der Waals surface area contributed by atoms with Gasteiger partial charge in [-0.05, 0) is 24.6 Å². The maximum absolute atomic E-state index is 10.6. The SMILES string of the molecule is O=C(O)c1ccc(NCCCn2cccn2)cn1. The van der Waals surface area contributed by atoms with Crippen LogP contribution in [0.2, 0.25) is 0 Å². The van der Waals surface area contributed by atoms with Crippen LogP contribution in [0.5, 0.6) is 0 Å². The van der Waals surface area contributed by atoms with Crippen molar-refractivity contribution in [1.29, 1.82) is 0 Å². The number of hydrogen-bond donors (Lipinski definition) is 2.